The molecule has 0 unspecified atom stereocenters. The van der Waals surface area contributed by atoms with Gasteiger partial charge in [-0.3, -0.25) is 19.5 Å². The van der Waals surface area contributed by atoms with Gasteiger partial charge in [0, 0.05) is 10.0 Å². The van der Waals surface area contributed by atoms with E-state index >= 15 is 0 Å². The van der Waals surface area contributed by atoms with E-state index in [2.05, 4.69) is 4.98 Å². The van der Waals surface area contributed by atoms with Gasteiger partial charge in [0.1, 0.15) is 0 Å². The maximum Gasteiger partial charge on any atom is 0.318 e. The fraction of sp³-hybridized carbons (Fsp3) is 0.0588. The summed E-state index contributed by atoms with van der Waals surface area (Å²) >= 11 is 12.9. The quantitative estimate of drug-likeness (QED) is 0.496. The van der Waals surface area contributed by atoms with Gasteiger partial charge in [-0.05, 0) is 42.5 Å². The first kappa shape index (κ1) is 19.2. The third-order valence-corrected chi connectivity index (χ3v) is 4.91. The smallest absolute Gasteiger partial charge is 0.318 e. The molecular weight excluding hydrogens is 411 g/mol. The number of nitrogens with one attached hydrogen (secondary N) is 1. The summed E-state index contributed by atoms with van der Waals surface area (Å²) in [5, 5.41) is 3.55. The number of hydrogen-bond donors (Lipinski definition) is 2. The molecule has 10 heteroatoms. The molecule has 2 aromatic carbocycles. The van der Waals surface area contributed by atoms with Crippen LogP contribution in [0.3, 0.4) is 0 Å². The molecule has 3 amide bonds. The summed E-state index contributed by atoms with van der Waals surface area (Å²) in [6.45, 7) is 0. The lowest BCUT2D eigenvalue weighted by Crippen LogP contribution is -2.36. The Kier molecular flexibility index (Phi) is 5.69. The van der Waals surface area contributed by atoms with Crippen molar-refractivity contribution in [1.82, 2.24) is 14.9 Å². The normalized spacial score (nSPS) is 10.7. The highest BCUT2D eigenvalue weighted by molar-refractivity contribution is 7.99. The lowest BCUT2D eigenvalue weighted by atomic mass is 10.2. The molecule has 1 aromatic heterocycles. The number of primary amides is 1. The first-order chi connectivity index (χ1) is 12.8. The van der Waals surface area contributed by atoms with Gasteiger partial charge < -0.3 is 5.73 Å². The number of amides is 3. The van der Waals surface area contributed by atoms with Crippen LogP contribution in [0.4, 0.5) is 4.79 Å². The molecular formula is C17H12Cl2N4O3S. The molecule has 27 heavy (non-hydrogen) atoms. The van der Waals surface area contributed by atoms with Crippen LogP contribution in [0.2, 0.25) is 10.0 Å². The van der Waals surface area contributed by atoms with E-state index in [1.165, 1.54) is 4.57 Å². The zero-order valence-electron chi connectivity index (χ0n) is 13.6. The van der Waals surface area contributed by atoms with Gasteiger partial charge in [-0.25, -0.2) is 9.78 Å². The molecule has 3 N–H and O–H groups in total. The number of nitrogens with zero attached hydrogens (tertiary/aromatic N) is 2. The molecule has 0 fully saturated rings. The number of carbonyl (C=O) groups excluding carboxylic acids is 2. The number of halogens is 2. The highest BCUT2D eigenvalue weighted by Gasteiger charge is 2.15. The number of carbonyl (C=O) groups is 2. The zero-order chi connectivity index (χ0) is 19.6. The Morgan fingerprint density at radius 2 is 1.78 bits per heavy atom. The molecule has 0 aliphatic rings. The number of nitrogens with two attached hydrogens (primary N) is 1. The Morgan fingerprint density at radius 1 is 1.11 bits per heavy atom. The Balaban J connectivity index is 2.12. The summed E-state index contributed by atoms with van der Waals surface area (Å²) in [6.07, 6.45) is 0. The van der Waals surface area contributed by atoms with E-state index in [1.54, 1.807) is 42.5 Å². The Labute approximate surface area is 167 Å². The van der Waals surface area contributed by atoms with Gasteiger partial charge in [-0.1, -0.05) is 35.0 Å². The van der Waals surface area contributed by atoms with Crippen LogP contribution in [0.15, 0.2) is 52.4 Å². The first-order valence-corrected chi connectivity index (χ1v) is 9.29. The summed E-state index contributed by atoms with van der Waals surface area (Å²) in [4.78, 5) is 40.0. The second-order valence-corrected chi connectivity index (χ2v) is 7.19. The summed E-state index contributed by atoms with van der Waals surface area (Å²) in [5.41, 5.74) is 5.54. The molecule has 0 radical (unpaired) electrons. The van der Waals surface area contributed by atoms with Crippen molar-refractivity contribution in [3.8, 4) is 5.69 Å². The fourth-order valence-electron chi connectivity index (χ4n) is 2.36. The Bertz CT molecular complexity index is 1100. The number of fused-ring (bicyclic) bond motifs is 1. The van der Waals surface area contributed by atoms with Gasteiger partial charge in [0.05, 0.1) is 22.3 Å². The Hall–Kier alpha value is -2.55. The average Bonchev–Trinajstić information content (AvgIpc) is 2.60. The second kappa shape index (κ2) is 7.99. The van der Waals surface area contributed by atoms with Crippen LogP contribution in [0, 0.1) is 0 Å². The molecule has 0 saturated carbocycles. The molecule has 0 aliphatic heterocycles. The number of hydrogen-bond acceptors (Lipinski definition) is 5. The molecule has 7 nitrogen and oxygen atoms in total. The maximum absolute atomic E-state index is 13.0. The molecule has 0 bridgehead atoms. The number of benzene rings is 2. The zero-order valence-corrected chi connectivity index (χ0v) is 15.9. The van der Waals surface area contributed by atoms with E-state index in [-0.39, 0.29) is 16.5 Å². The van der Waals surface area contributed by atoms with Crippen molar-refractivity contribution in [1.29, 1.82) is 0 Å². The van der Waals surface area contributed by atoms with Gasteiger partial charge >= 0.3 is 6.03 Å². The monoisotopic (exact) mass is 422 g/mol. The van der Waals surface area contributed by atoms with Gasteiger partial charge in [0.15, 0.2) is 5.16 Å². The van der Waals surface area contributed by atoms with Gasteiger partial charge in [-0.2, -0.15) is 0 Å². The van der Waals surface area contributed by atoms with Gasteiger partial charge in [0.25, 0.3) is 5.56 Å². The third kappa shape index (κ3) is 4.41. The number of rotatable bonds is 4. The molecule has 3 rings (SSSR count). The van der Waals surface area contributed by atoms with Crippen LogP contribution in [-0.2, 0) is 4.79 Å². The van der Waals surface area contributed by atoms with Crippen LogP contribution in [0.25, 0.3) is 16.6 Å². The molecule has 0 aliphatic carbocycles. The van der Waals surface area contributed by atoms with Crippen molar-refractivity contribution in [3.63, 3.8) is 0 Å². The minimum Gasteiger partial charge on any atom is -0.351 e. The molecule has 0 saturated heterocycles. The van der Waals surface area contributed by atoms with Gasteiger partial charge in [0.2, 0.25) is 5.91 Å². The minimum absolute atomic E-state index is 0.158. The number of imide groups is 1. The van der Waals surface area contributed by atoms with Crippen LogP contribution in [0.5, 0.6) is 0 Å². The second-order valence-electron chi connectivity index (χ2n) is 5.37. The summed E-state index contributed by atoms with van der Waals surface area (Å²) in [5.74, 6) is -0.759. The molecule has 3 aromatic rings. The van der Waals surface area contributed by atoms with Crippen LogP contribution < -0.4 is 16.6 Å². The largest absolute Gasteiger partial charge is 0.351 e. The van der Waals surface area contributed by atoms with Crippen molar-refractivity contribution in [2.24, 2.45) is 5.73 Å². The standard InChI is InChI=1S/C17H12Cl2N4O3S/c18-9-1-4-11(5-2-9)23-15(25)12-6-3-10(19)7-13(12)21-17(23)27-8-14(24)22-16(20)26/h1-7H,8H2,(H3,20,22,24,26). The van der Waals surface area contributed by atoms with E-state index in [1.807, 2.05) is 5.32 Å². The number of aromatic nitrogens is 2. The van der Waals surface area contributed by atoms with Crippen molar-refractivity contribution in [3.05, 3.63) is 62.9 Å². The third-order valence-electron chi connectivity index (χ3n) is 3.48. The molecule has 138 valence electrons. The van der Waals surface area contributed by atoms with Crippen molar-refractivity contribution < 1.29 is 9.59 Å². The lowest BCUT2D eigenvalue weighted by molar-refractivity contribution is -0.117. The first-order valence-electron chi connectivity index (χ1n) is 7.55. The van der Waals surface area contributed by atoms with Crippen LogP contribution in [0.1, 0.15) is 0 Å². The summed E-state index contributed by atoms with van der Waals surface area (Å²) in [7, 11) is 0. The number of thioether (sulfide) groups is 1. The SMILES string of the molecule is NC(=O)NC(=O)CSc1nc2cc(Cl)ccc2c(=O)n1-c1ccc(Cl)cc1. The summed E-state index contributed by atoms with van der Waals surface area (Å²) in [6, 6.07) is 10.4. The van der Waals surface area contributed by atoms with Crippen molar-refractivity contribution >= 4 is 57.8 Å². The van der Waals surface area contributed by atoms with Gasteiger partial charge in [-0.15, -0.1) is 0 Å². The predicted octanol–water partition coefficient (Wildman–Crippen LogP) is 2.98. The average molecular weight is 423 g/mol. The Morgan fingerprint density at radius 3 is 2.44 bits per heavy atom. The van der Waals surface area contributed by atoms with E-state index in [9.17, 15) is 14.4 Å². The minimum atomic E-state index is -0.950. The topological polar surface area (TPSA) is 107 Å². The lowest BCUT2D eigenvalue weighted by Gasteiger charge is -2.13. The van der Waals surface area contributed by atoms with Crippen LogP contribution in [-0.4, -0.2) is 27.2 Å². The summed E-state index contributed by atoms with van der Waals surface area (Å²) < 4.78 is 1.37. The fourth-order valence-corrected chi connectivity index (χ4v) is 3.46. The highest BCUT2D eigenvalue weighted by atomic mass is 35.5. The highest BCUT2D eigenvalue weighted by Crippen LogP contribution is 2.23. The van der Waals surface area contributed by atoms with E-state index in [0.717, 1.165) is 11.8 Å². The maximum atomic E-state index is 13.0. The van der Waals surface area contributed by atoms with Crippen LogP contribution >= 0.6 is 35.0 Å². The molecule has 1 heterocycles. The van der Waals surface area contributed by atoms with E-state index in [4.69, 9.17) is 28.9 Å². The van der Waals surface area contributed by atoms with Crippen molar-refractivity contribution in [2.75, 3.05) is 5.75 Å². The van der Waals surface area contributed by atoms with E-state index in [0.29, 0.717) is 26.6 Å². The number of urea groups is 1. The van der Waals surface area contributed by atoms with E-state index < -0.39 is 11.9 Å². The predicted molar refractivity (Wildman–Crippen MR) is 106 cm³/mol. The molecule has 0 spiro atoms. The molecule has 0 atom stereocenters. The van der Waals surface area contributed by atoms with Crippen molar-refractivity contribution in [2.45, 2.75) is 5.16 Å².